The Bertz CT molecular complexity index is 816. The molecule has 0 unspecified atom stereocenters. The molecule has 0 aliphatic carbocycles. The van der Waals surface area contributed by atoms with Crippen LogP contribution in [0.3, 0.4) is 0 Å². The zero-order valence-electron chi connectivity index (χ0n) is 17.4. The van der Waals surface area contributed by atoms with E-state index in [2.05, 4.69) is 70.6 Å². The molecule has 2 heterocycles. The lowest BCUT2D eigenvalue weighted by Crippen LogP contribution is -2.49. The van der Waals surface area contributed by atoms with Gasteiger partial charge < -0.3 is 4.90 Å². The number of piperazine rings is 1. The molecular formula is C23H30N4OS. The topological polar surface area (TPSA) is 48.3 Å². The number of hydrogen-bond donors (Lipinski definition) is 0. The molecule has 0 atom stereocenters. The first kappa shape index (κ1) is 22.8. The average molecular weight is 411 g/mol. The van der Waals surface area contributed by atoms with E-state index in [9.17, 15) is 4.91 Å². The summed E-state index contributed by atoms with van der Waals surface area (Å²) in [5.74, 6) is 1.06. The predicted octanol–water partition coefficient (Wildman–Crippen LogP) is 5.44. The molecule has 0 bridgehead atoms. The van der Waals surface area contributed by atoms with Crippen LogP contribution in [0.1, 0.15) is 19.4 Å². The van der Waals surface area contributed by atoms with Gasteiger partial charge in [-0.1, -0.05) is 61.1 Å². The maximum absolute atomic E-state index is 10.3. The average Bonchev–Trinajstić information content (AvgIpc) is 2.97. The number of benzene rings is 2. The van der Waals surface area contributed by atoms with Crippen LogP contribution < -0.4 is 0 Å². The zero-order chi connectivity index (χ0) is 21.1. The molecule has 0 N–H and O–H groups in total. The summed E-state index contributed by atoms with van der Waals surface area (Å²) in [6, 6.07) is 16.8. The van der Waals surface area contributed by atoms with E-state index in [0.29, 0.717) is 6.54 Å². The third-order valence-corrected chi connectivity index (χ3v) is 5.76. The minimum atomic E-state index is 0.369. The van der Waals surface area contributed by atoms with E-state index in [1.807, 2.05) is 19.9 Å². The van der Waals surface area contributed by atoms with Crippen molar-refractivity contribution in [2.24, 2.45) is 10.2 Å². The summed E-state index contributed by atoms with van der Waals surface area (Å²) < 4.78 is 0. The molecule has 2 aliphatic heterocycles. The lowest BCUT2D eigenvalue weighted by Gasteiger charge is -2.36. The summed E-state index contributed by atoms with van der Waals surface area (Å²) in [6.07, 6.45) is 0. The van der Waals surface area contributed by atoms with E-state index in [4.69, 9.17) is 4.99 Å². The van der Waals surface area contributed by atoms with E-state index in [-0.39, 0.29) is 0 Å². The van der Waals surface area contributed by atoms with E-state index in [1.54, 1.807) is 11.8 Å². The van der Waals surface area contributed by atoms with Gasteiger partial charge >= 0.3 is 0 Å². The minimum absolute atomic E-state index is 0.369. The van der Waals surface area contributed by atoms with Crippen LogP contribution >= 0.6 is 11.8 Å². The van der Waals surface area contributed by atoms with Crippen molar-refractivity contribution in [3.05, 3.63) is 72.2 Å². The molecule has 29 heavy (non-hydrogen) atoms. The first-order chi connectivity index (χ1) is 14.3. The summed E-state index contributed by atoms with van der Waals surface area (Å²) in [5, 5.41) is 2.97. The predicted molar refractivity (Wildman–Crippen MR) is 124 cm³/mol. The van der Waals surface area contributed by atoms with Crippen LogP contribution in [-0.4, -0.2) is 54.9 Å². The van der Waals surface area contributed by atoms with Gasteiger partial charge in [-0.25, -0.2) is 4.99 Å². The van der Waals surface area contributed by atoms with Crippen molar-refractivity contribution in [3.8, 4) is 0 Å². The minimum Gasteiger partial charge on any atom is -0.354 e. The maximum atomic E-state index is 10.3. The molecule has 2 aromatic carbocycles. The molecule has 2 aromatic rings. The maximum Gasteiger partial charge on any atom is 0.137 e. The lowest BCUT2D eigenvalue weighted by molar-refractivity contribution is 0.186. The Labute approximate surface area is 178 Å². The van der Waals surface area contributed by atoms with Crippen LogP contribution in [0.15, 0.2) is 81.6 Å². The fourth-order valence-corrected chi connectivity index (χ4v) is 4.29. The Morgan fingerprint density at radius 1 is 0.966 bits per heavy atom. The molecule has 2 aliphatic rings. The van der Waals surface area contributed by atoms with Gasteiger partial charge in [0.1, 0.15) is 5.84 Å². The monoisotopic (exact) mass is 410 g/mol. The Morgan fingerprint density at radius 3 is 2.28 bits per heavy atom. The standard InChI is InChI=1S/C19H20N4OS.C2H6.C2H4/c24-20-9-10-22-11-13-23(14-12-22)19-15-5-1-3-7-17(15)25-18-8-4-2-6-16(18)21-19;2*1-2/h1-8H,9-14H2;1-2H3;1-2H2. The Hall–Kier alpha value is -2.44. The summed E-state index contributed by atoms with van der Waals surface area (Å²) in [5.41, 5.74) is 2.23. The summed E-state index contributed by atoms with van der Waals surface area (Å²) in [6.45, 7) is 14.8. The van der Waals surface area contributed by atoms with Crippen molar-refractivity contribution >= 4 is 23.3 Å². The number of fused-ring (bicyclic) bond motifs is 2. The van der Waals surface area contributed by atoms with Gasteiger partial charge in [-0.15, -0.1) is 13.2 Å². The highest BCUT2D eigenvalue weighted by atomic mass is 32.2. The van der Waals surface area contributed by atoms with Gasteiger partial charge in [-0.3, -0.25) is 4.90 Å². The SMILES string of the molecule is C=C.CC.O=NCCN1CCN(C2=Nc3ccccc3Sc3ccccc32)CC1. The van der Waals surface area contributed by atoms with Crippen molar-refractivity contribution in [2.45, 2.75) is 23.6 Å². The lowest BCUT2D eigenvalue weighted by atomic mass is 10.1. The molecule has 4 rings (SSSR count). The van der Waals surface area contributed by atoms with Crippen molar-refractivity contribution in [3.63, 3.8) is 0 Å². The number of aliphatic imine (C=N–C) groups is 1. The van der Waals surface area contributed by atoms with E-state index < -0.39 is 0 Å². The van der Waals surface area contributed by atoms with Crippen molar-refractivity contribution in [1.29, 1.82) is 0 Å². The zero-order valence-corrected chi connectivity index (χ0v) is 18.2. The van der Waals surface area contributed by atoms with Crippen molar-refractivity contribution in [1.82, 2.24) is 9.80 Å². The van der Waals surface area contributed by atoms with Gasteiger partial charge in [0.05, 0.1) is 12.2 Å². The molecule has 0 radical (unpaired) electrons. The number of nitroso groups, excluding NO2 is 1. The first-order valence-corrected chi connectivity index (χ1v) is 10.9. The van der Waals surface area contributed by atoms with Gasteiger partial charge in [-0.2, -0.15) is 4.91 Å². The second kappa shape index (κ2) is 12.2. The summed E-state index contributed by atoms with van der Waals surface area (Å²) in [7, 11) is 0. The van der Waals surface area contributed by atoms with Gasteiger partial charge in [0.25, 0.3) is 0 Å². The molecule has 0 spiro atoms. The number of para-hydroxylation sites is 1. The third-order valence-electron chi connectivity index (χ3n) is 4.62. The fourth-order valence-electron chi connectivity index (χ4n) is 3.28. The molecule has 154 valence electrons. The van der Waals surface area contributed by atoms with Crippen LogP contribution in [0.25, 0.3) is 0 Å². The second-order valence-electron chi connectivity index (χ2n) is 6.18. The van der Waals surface area contributed by atoms with Gasteiger partial charge in [0, 0.05) is 48.1 Å². The molecule has 0 saturated carbocycles. The molecular weight excluding hydrogens is 380 g/mol. The highest BCUT2D eigenvalue weighted by Gasteiger charge is 2.24. The molecule has 0 aromatic heterocycles. The molecule has 5 nitrogen and oxygen atoms in total. The smallest absolute Gasteiger partial charge is 0.137 e. The normalized spacial score (nSPS) is 15.2. The Kier molecular flexibility index (Phi) is 9.60. The van der Waals surface area contributed by atoms with Gasteiger partial charge in [-0.05, 0) is 18.2 Å². The van der Waals surface area contributed by atoms with Gasteiger partial charge in [0.2, 0.25) is 0 Å². The highest BCUT2D eigenvalue weighted by Crippen LogP contribution is 2.40. The molecule has 6 heteroatoms. The Morgan fingerprint density at radius 2 is 1.59 bits per heavy atom. The number of amidine groups is 1. The number of hydrogen-bond acceptors (Lipinski definition) is 6. The van der Waals surface area contributed by atoms with Crippen LogP contribution in [0.2, 0.25) is 0 Å². The number of nitrogens with zero attached hydrogens (tertiary/aromatic N) is 4. The highest BCUT2D eigenvalue weighted by molar-refractivity contribution is 7.99. The van der Waals surface area contributed by atoms with Crippen LogP contribution in [0.5, 0.6) is 0 Å². The fraction of sp³-hybridized carbons (Fsp3) is 0.348. The van der Waals surface area contributed by atoms with Gasteiger partial charge in [0.15, 0.2) is 0 Å². The second-order valence-corrected chi connectivity index (χ2v) is 7.27. The van der Waals surface area contributed by atoms with E-state index in [0.717, 1.165) is 44.2 Å². The number of rotatable bonds is 3. The summed E-state index contributed by atoms with van der Waals surface area (Å²) >= 11 is 1.78. The van der Waals surface area contributed by atoms with Crippen LogP contribution in [-0.2, 0) is 0 Å². The summed E-state index contributed by atoms with van der Waals surface area (Å²) in [4.78, 5) is 22.5. The van der Waals surface area contributed by atoms with Crippen LogP contribution in [0.4, 0.5) is 5.69 Å². The quantitative estimate of drug-likeness (QED) is 0.499. The van der Waals surface area contributed by atoms with Crippen LogP contribution in [0, 0.1) is 4.91 Å². The van der Waals surface area contributed by atoms with Crippen molar-refractivity contribution < 1.29 is 0 Å². The molecule has 1 fully saturated rings. The molecule has 0 amide bonds. The third kappa shape index (κ3) is 5.78. The van der Waals surface area contributed by atoms with E-state index >= 15 is 0 Å². The molecule has 1 saturated heterocycles. The van der Waals surface area contributed by atoms with Crippen molar-refractivity contribution in [2.75, 3.05) is 39.3 Å². The van der Waals surface area contributed by atoms with E-state index in [1.165, 1.54) is 15.4 Å². The largest absolute Gasteiger partial charge is 0.354 e. The first-order valence-electron chi connectivity index (χ1n) is 10.1. The Balaban J connectivity index is 0.000000707.